The first-order valence-electron chi connectivity index (χ1n) is 7.60. The van der Waals surface area contributed by atoms with Gasteiger partial charge in [0.05, 0.1) is 0 Å². The summed E-state index contributed by atoms with van der Waals surface area (Å²) in [4.78, 5) is 1.01. The highest BCUT2D eigenvalue weighted by molar-refractivity contribution is 7.80. The van der Waals surface area contributed by atoms with Gasteiger partial charge in [-0.15, -0.1) is 0 Å². The van der Waals surface area contributed by atoms with Crippen LogP contribution in [0.25, 0.3) is 0 Å². The molecule has 1 N–H and O–H groups in total. The average molecular weight is 340 g/mol. The number of hydrogen-bond donors (Lipinski definition) is 1. The van der Waals surface area contributed by atoms with E-state index in [4.69, 9.17) is 12.2 Å². The topological polar surface area (TPSA) is 15.3 Å². The Hall–Kier alpha value is -1.74. The van der Waals surface area contributed by atoms with Crippen LogP contribution >= 0.6 is 12.2 Å². The Morgan fingerprint density at radius 1 is 1.26 bits per heavy atom. The van der Waals surface area contributed by atoms with Crippen molar-refractivity contribution in [3.8, 4) is 11.8 Å². The molecule has 6 heteroatoms. The van der Waals surface area contributed by atoms with E-state index in [2.05, 4.69) is 17.2 Å². The number of anilines is 1. The molecule has 2 nitrogen and oxygen atoms in total. The number of para-hydroxylation sites is 1. The third kappa shape index (κ3) is 3.02. The van der Waals surface area contributed by atoms with E-state index in [9.17, 15) is 13.2 Å². The summed E-state index contributed by atoms with van der Waals surface area (Å²) >= 11 is 5.06. The summed E-state index contributed by atoms with van der Waals surface area (Å²) in [6.07, 6.45) is -2.81. The number of nitrogens with one attached hydrogen (secondary N) is 1. The zero-order chi connectivity index (χ0) is 17.3. The molecule has 0 bridgehead atoms. The third-order valence-corrected chi connectivity index (χ3v) is 4.19. The molecule has 124 valence electrons. The molecule has 1 unspecified atom stereocenters. The van der Waals surface area contributed by atoms with Crippen molar-refractivity contribution in [2.45, 2.75) is 38.4 Å². The van der Waals surface area contributed by atoms with Crippen molar-refractivity contribution in [3.63, 3.8) is 0 Å². The lowest BCUT2D eigenvalue weighted by Gasteiger charge is -2.45. The SMILES string of the molecule is CC.CN1C(=S)Nc2ccccc2C1(C#CC1CC1)C(F)(F)F. The number of halogens is 3. The molecule has 2 aliphatic rings. The fourth-order valence-corrected chi connectivity index (χ4v) is 2.69. The second-order valence-corrected chi connectivity index (χ2v) is 5.67. The van der Waals surface area contributed by atoms with E-state index in [-0.39, 0.29) is 16.6 Å². The van der Waals surface area contributed by atoms with Crippen LogP contribution in [-0.4, -0.2) is 23.2 Å². The lowest BCUT2D eigenvalue weighted by Crippen LogP contribution is -2.59. The van der Waals surface area contributed by atoms with Crippen LogP contribution in [0, 0.1) is 17.8 Å². The van der Waals surface area contributed by atoms with Gasteiger partial charge in [-0.05, 0) is 31.1 Å². The van der Waals surface area contributed by atoms with Gasteiger partial charge in [0.1, 0.15) is 0 Å². The fourth-order valence-electron chi connectivity index (χ4n) is 2.44. The average Bonchev–Trinajstić information content (AvgIpc) is 3.33. The number of hydrogen-bond acceptors (Lipinski definition) is 1. The molecule has 1 aromatic rings. The van der Waals surface area contributed by atoms with Gasteiger partial charge in [-0.1, -0.05) is 43.9 Å². The van der Waals surface area contributed by atoms with Gasteiger partial charge in [0.2, 0.25) is 5.54 Å². The van der Waals surface area contributed by atoms with Gasteiger partial charge < -0.3 is 10.2 Å². The van der Waals surface area contributed by atoms with Crippen LogP contribution in [0.1, 0.15) is 32.3 Å². The van der Waals surface area contributed by atoms with Gasteiger partial charge in [-0.3, -0.25) is 0 Å². The van der Waals surface area contributed by atoms with Crippen LogP contribution in [0.5, 0.6) is 0 Å². The number of fused-ring (bicyclic) bond motifs is 1. The monoisotopic (exact) mass is 340 g/mol. The first kappa shape index (κ1) is 17.6. The van der Waals surface area contributed by atoms with E-state index in [0.29, 0.717) is 5.69 Å². The second-order valence-electron chi connectivity index (χ2n) is 5.29. The van der Waals surface area contributed by atoms with E-state index < -0.39 is 11.7 Å². The van der Waals surface area contributed by atoms with Crippen LogP contribution in [-0.2, 0) is 5.54 Å². The third-order valence-electron chi connectivity index (χ3n) is 3.81. The molecule has 3 rings (SSSR count). The van der Waals surface area contributed by atoms with Crippen LogP contribution in [0.3, 0.4) is 0 Å². The van der Waals surface area contributed by atoms with Crippen molar-refractivity contribution in [1.29, 1.82) is 0 Å². The standard InChI is InChI=1S/C15H13F3N2S.C2H6/c1-20-13(21)19-12-5-3-2-4-11(12)14(20,15(16,17)18)9-8-10-6-7-10;1-2/h2-5,10H,6-7H2,1H3,(H,19,21);1-2H3. The molecule has 1 aromatic carbocycles. The summed E-state index contributed by atoms with van der Waals surface area (Å²) in [6.45, 7) is 4.00. The highest BCUT2D eigenvalue weighted by Gasteiger charge is 2.61. The Balaban J connectivity index is 0.000000924. The molecule has 0 aromatic heterocycles. The molecule has 0 saturated heterocycles. The van der Waals surface area contributed by atoms with E-state index in [0.717, 1.165) is 17.7 Å². The minimum Gasteiger partial charge on any atom is -0.332 e. The lowest BCUT2D eigenvalue weighted by molar-refractivity contribution is -0.201. The summed E-state index contributed by atoms with van der Waals surface area (Å²) in [5.74, 6) is 5.34. The fraction of sp³-hybridized carbons (Fsp3) is 0.471. The molecule has 1 aliphatic carbocycles. The molecule has 1 saturated carbocycles. The van der Waals surface area contributed by atoms with Gasteiger partial charge in [0, 0.05) is 24.2 Å². The summed E-state index contributed by atoms with van der Waals surface area (Å²) in [5, 5.41) is 2.85. The number of benzene rings is 1. The molecule has 1 atom stereocenters. The normalized spacial score (nSPS) is 22.9. The molecule has 1 heterocycles. The first-order chi connectivity index (χ1) is 10.9. The Labute approximate surface area is 140 Å². The van der Waals surface area contributed by atoms with Crippen molar-refractivity contribution < 1.29 is 13.2 Å². The zero-order valence-corrected chi connectivity index (χ0v) is 14.1. The van der Waals surface area contributed by atoms with Crippen LogP contribution in [0.2, 0.25) is 0 Å². The molecule has 1 aliphatic heterocycles. The molecule has 0 spiro atoms. The van der Waals surface area contributed by atoms with Crippen molar-refractivity contribution in [3.05, 3.63) is 29.8 Å². The predicted octanol–water partition coefficient (Wildman–Crippen LogP) is 4.53. The zero-order valence-electron chi connectivity index (χ0n) is 13.3. The minimum absolute atomic E-state index is 0.0242. The Kier molecular flexibility index (Phi) is 4.90. The first-order valence-corrected chi connectivity index (χ1v) is 8.01. The van der Waals surface area contributed by atoms with Gasteiger partial charge in [-0.2, -0.15) is 13.2 Å². The van der Waals surface area contributed by atoms with E-state index in [1.54, 1.807) is 18.2 Å². The highest BCUT2D eigenvalue weighted by atomic mass is 32.1. The lowest BCUT2D eigenvalue weighted by atomic mass is 9.85. The molecule has 0 radical (unpaired) electrons. The number of alkyl halides is 3. The summed E-state index contributed by atoms with van der Waals surface area (Å²) in [6, 6.07) is 6.31. The number of thiocarbonyl (C=S) groups is 1. The van der Waals surface area contributed by atoms with E-state index in [1.807, 2.05) is 13.8 Å². The summed E-state index contributed by atoms with van der Waals surface area (Å²) in [5.41, 5.74) is -1.92. The van der Waals surface area contributed by atoms with Crippen molar-refractivity contribution in [2.24, 2.45) is 5.92 Å². The van der Waals surface area contributed by atoms with Crippen LogP contribution < -0.4 is 5.32 Å². The Bertz CT molecular complexity index is 656. The maximum absolute atomic E-state index is 13.9. The largest absolute Gasteiger partial charge is 0.427 e. The number of rotatable bonds is 0. The Morgan fingerprint density at radius 2 is 1.87 bits per heavy atom. The van der Waals surface area contributed by atoms with E-state index >= 15 is 0 Å². The second kappa shape index (κ2) is 6.40. The van der Waals surface area contributed by atoms with Crippen molar-refractivity contribution >= 4 is 23.0 Å². The summed E-state index contributed by atoms with van der Waals surface area (Å²) in [7, 11) is 1.33. The quantitative estimate of drug-likeness (QED) is 0.552. The van der Waals surface area contributed by atoms with E-state index in [1.165, 1.54) is 13.1 Å². The minimum atomic E-state index is -4.55. The van der Waals surface area contributed by atoms with Crippen LogP contribution in [0.4, 0.5) is 18.9 Å². The smallest absolute Gasteiger partial charge is 0.332 e. The Morgan fingerprint density at radius 3 is 2.43 bits per heavy atom. The molecule has 0 amide bonds. The van der Waals surface area contributed by atoms with Gasteiger partial charge in [0.15, 0.2) is 5.11 Å². The number of nitrogens with zero attached hydrogens (tertiary/aromatic N) is 1. The van der Waals surface area contributed by atoms with Gasteiger partial charge in [0.25, 0.3) is 0 Å². The van der Waals surface area contributed by atoms with Crippen molar-refractivity contribution in [1.82, 2.24) is 4.90 Å². The molecule has 1 fully saturated rings. The molecule has 23 heavy (non-hydrogen) atoms. The maximum Gasteiger partial charge on any atom is 0.427 e. The molecular formula is C17H19F3N2S. The predicted molar refractivity (Wildman–Crippen MR) is 90.0 cm³/mol. The summed E-state index contributed by atoms with van der Waals surface area (Å²) < 4.78 is 41.8. The van der Waals surface area contributed by atoms with Crippen molar-refractivity contribution in [2.75, 3.05) is 12.4 Å². The molecular weight excluding hydrogens is 321 g/mol. The van der Waals surface area contributed by atoms with Gasteiger partial charge >= 0.3 is 6.18 Å². The maximum atomic E-state index is 13.9. The van der Waals surface area contributed by atoms with Crippen LogP contribution in [0.15, 0.2) is 24.3 Å². The van der Waals surface area contributed by atoms with Gasteiger partial charge in [-0.25, -0.2) is 0 Å². The highest BCUT2D eigenvalue weighted by Crippen LogP contribution is 2.48.